The third kappa shape index (κ3) is 1.95. The highest BCUT2D eigenvalue weighted by Gasteiger charge is 1.92. The summed E-state index contributed by atoms with van der Waals surface area (Å²) in [7, 11) is 0. The van der Waals surface area contributed by atoms with Crippen LogP contribution in [0.15, 0.2) is 37.4 Å². The topological polar surface area (TPSA) is 0 Å². The molecule has 0 aliphatic heterocycles. The first-order valence-corrected chi connectivity index (χ1v) is 3.69. The molecule has 0 atom stereocenters. The molecule has 0 N–H and O–H groups in total. The molecule has 1 aromatic carbocycles. The van der Waals surface area contributed by atoms with Crippen molar-refractivity contribution >= 4 is 22.7 Å². The molecular formula is C10H9Cl. The van der Waals surface area contributed by atoms with Crippen molar-refractivity contribution in [1.82, 2.24) is 0 Å². The third-order valence-corrected chi connectivity index (χ3v) is 1.68. The van der Waals surface area contributed by atoms with E-state index in [2.05, 4.69) is 13.2 Å². The van der Waals surface area contributed by atoms with Crippen molar-refractivity contribution in [3.05, 3.63) is 48.6 Å². The first kappa shape index (κ1) is 8.09. The van der Waals surface area contributed by atoms with Gasteiger partial charge in [-0.3, -0.25) is 0 Å². The zero-order chi connectivity index (χ0) is 8.27. The lowest BCUT2D eigenvalue weighted by molar-refractivity contribution is 1.62. The summed E-state index contributed by atoms with van der Waals surface area (Å²) >= 11 is 5.68. The van der Waals surface area contributed by atoms with E-state index < -0.39 is 0 Å². The Labute approximate surface area is 71.8 Å². The fraction of sp³-hybridized carbons (Fsp3) is 0. The van der Waals surface area contributed by atoms with E-state index >= 15 is 0 Å². The van der Waals surface area contributed by atoms with Crippen LogP contribution >= 0.6 is 11.6 Å². The lowest BCUT2D eigenvalue weighted by Crippen LogP contribution is -1.75. The van der Waals surface area contributed by atoms with Gasteiger partial charge in [0.15, 0.2) is 0 Å². The highest BCUT2D eigenvalue weighted by molar-refractivity contribution is 6.48. The van der Waals surface area contributed by atoms with Gasteiger partial charge in [0.2, 0.25) is 0 Å². The number of hydrogen-bond acceptors (Lipinski definition) is 0. The number of halogens is 1. The van der Waals surface area contributed by atoms with Gasteiger partial charge in [0.1, 0.15) is 0 Å². The van der Waals surface area contributed by atoms with Crippen LogP contribution in [-0.4, -0.2) is 0 Å². The minimum Gasteiger partial charge on any atom is -0.0985 e. The Kier molecular flexibility index (Phi) is 2.50. The van der Waals surface area contributed by atoms with Crippen molar-refractivity contribution in [2.45, 2.75) is 0 Å². The number of rotatable bonds is 2. The summed E-state index contributed by atoms with van der Waals surface area (Å²) in [5, 5.41) is 0.570. The van der Waals surface area contributed by atoms with Crippen molar-refractivity contribution in [3.63, 3.8) is 0 Å². The summed E-state index contributed by atoms with van der Waals surface area (Å²) in [5.41, 5.74) is 2.05. The molecule has 0 heterocycles. The predicted octanol–water partition coefficient (Wildman–Crippen LogP) is 3.54. The Bertz CT molecular complexity index is 269. The summed E-state index contributed by atoms with van der Waals surface area (Å²) in [6.07, 6.45) is 1.79. The molecule has 0 nitrogen and oxygen atoms in total. The molecule has 0 fully saturated rings. The molecule has 0 saturated heterocycles. The van der Waals surface area contributed by atoms with Crippen LogP contribution in [0.4, 0.5) is 0 Å². The monoisotopic (exact) mass is 164 g/mol. The summed E-state index contributed by atoms with van der Waals surface area (Å²) in [6.45, 7) is 7.27. The second kappa shape index (κ2) is 3.40. The molecule has 0 unspecified atom stereocenters. The second-order valence-corrected chi connectivity index (χ2v) is 2.69. The number of hydrogen-bond donors (Lipinski definition) is 0. The van der Waals surface area contributed by atoms with Crippen LogP contribution in [0, 0.1) is 0 Å². The van der Waals surface area contributed by atoms with Crippen LogP contribution in [0.2, 0.25) is 0 Å². The van der Waals surface area contributed by atoms with E-state index in [1.165, 1.54) is 0 Å². The maximum atomic E-state index is 5.68. The third-order valence-electron chi connectivity index (χ3n) is 1.46. The van der Waals surface area contributed by atoms with E-state index in [-0.39, 0.29) is 0 Å². The van der Waals surface area contributed by atoms with Gasteiger partial charge in [0.05, 0.1) is 0 Å². The Hall–Kier alpha value is -1.01. The van der Waals surface area contributed by atoms with E-state index in [9.17, 15) is 0 Å². The van der Waals surface area contributed by atoms with Crippen LogP contribution in [0.25, 0.3) is 11.1 Å². The molecule has 0 spiro atoms. The Morgan fingerprint density at radius 3 is 2.18 bits per heavy atom. The van der Waals surface area contributed by atoms with Crippen molar-refractivity contribution in [1.29, 1.82) is 0 Å². The molecule has 11 heavy (non-hydrogen) atoms. The van der Waals surface area contributed by atoms with Gasteiger partial charge in [-0.25, -0.2) is 0 Å². The van der Waals surface area contributed by atoms with E-state index in [4.69, 9.17) is 11.6 Å². The van der Waals surface area contributed by atoms with Crippen LogP contribution in [0.3, 0.4) is 0 Å². The van der Waals surface area contributed by atoms with Gasteiger partial charge in [0.25, 0.3) is 0 Å². The molecule has 56 valence electrons. The highest BCUT2D eigenvalue weighted by Crippen LogP contribution is 2.16. The van der Waals surface area contributed by atoms with E-state index in [1.807, 2.05) is 24.3 Å². The van der Waals surface area contributed by atoms with E-state index in [1.54, 1.807) is 6.08 Å². The summed E-state index contributed by atoms with van der Waals surface area (Å²) in [4.78, 5) is 0. The summed E-state index contributed by atoms with van der Waals surface area (Å²) < 4.78 is 0. The van der Waals surface area contributed by atoms with Gasteiger partial charge in [-0.15, -0.1) is 0 Å². The maximum Gasteiger partial charge on any atom is 0.0406 e. The molecule has 0 saturated carbocycles. The zero-order valence-electron chi connectivity index (χ0n) is 6.18. The van der Waals surface area contributed by atoms with Gasteiger partial charge in [0, 0.05) is 5.03 Å². The predicted molar refractivity (Wildman–Crippen MR) is 51.4 cm³/mol. The van der Waals surface area contributed by atoms with E-state index in [0.29, 0.717) is 5.03 Å². The molecule has 0 aromatic heterocycles. The van der Waals surface area contributed by atoms with Gasteiger partial charge >= 0.3 is 0 Å². The minimum atomic E-state index is 0.570. The average Bonchev–Trinajstić information content (AvgIpc) is 2.05. The maximum absolute atomic E-state index is 5.68. The van der Waals surface area contributed by atoms with Crippen LogP contribution in [0.5, 0.6) is 0 Å². The smallest absolute Gasteiger partial charge is 0.0406 e. The molecule has 0 aliphatic carbocycles. The Morgan fingerprint density at radius 2 is 1.82 bits per heavy atom. The average molecular weight is 165 g/mol. The zero-order valence-corrected chi connectivity index (χ0v) is 6.93. The first-order chi connectivity index (χ1) is 5.24. The van der Waals surface area contributed by atoms with Crippen molar-refractivity contribution in [2.24, 2.45) is 0 Å². The normalized spacial score (nSPS) is 9.18. The molecule has 0 radical (unpaired) electrons. The Morgan fingerprint density at radius 1 is 1.27 bits per heavy atom. The molecule has 0 aliphatic rings. The standard InChI is InChI=1S/C10H9Cl/c1-3-9-4-6-10(7-5-9)8(2)11/h3-7H,1-2H2. The number of benzene rings is 1. The molecular weight excluding hydrogens is 156 g/mol. The van der Waals surface area contributed by atoms with E-state index in [0.717, 1.165) is 11.1 Å². The van der Waals surface area contributed by atoms with Crippen molar-refractivity contribution < 1.29 is 0 Å². The lowest BCUT2D eigenvalue weighted by atomic mass is 10.1. The molecule has 1 aromatic rings. The van der Waals surface area contributed by atoms with Crippen molar-refractivity contribution in [3.8, 4) is 0 Å². The quantitative estimate of drug-likeness (QED) is 0.627. The Balaban J connectivity index is 3.00. The van der Waals surface area contributed by atoms with Crippen LogP contribution in [-0.2, 0) is 0 Å². The fourth-order valence-corrected chi connectivity index (χ4v) is 0.926. The lowest BCUT2D eigenvalue weighted by Gasteiger charge is -1.96. The van der Waals surface area contributed by atoms with Gasteiger partial charge < -0.3 is 0 Å². The fourth-order valence-electron chi connectivity index (χ4n) is 0.800. The van der Waals surface area contributed by atoms with Crippen LogP contribution < -0.4 is 0 Å². The minimum absolute atomic E-state index is 0.570. The second-order valence-electron chi connectivity index (χ2n) is 2.23. The van der Waals surface area contributed by atoms with Gasteiger partial charge in [-0.05, 0) is 11.1 Å². The van der Waals surface area contributed by atoms with Gasteiger partial charge in [-0.2, -0.15) is 0 Å². The largest absolute Gasteiger partial charge is 0.0985 e. The highest BCUT2D eigenvalue weighted by atomic mass is 35.5. The summed E-state index contributed by atoms with van der Waals surface area (Å²) in [5.74, 6) is 0. The SMILES string of the molecule is C=Cc1ccc(C(=C)Cl)cc1. The molecule has 1 heteroatoms. The van der Waals surface area contributed by atoms with Crippen LogP contribution in [0.1, 0.15) is 11.1 Å². The summed E-state index contributed by atoms with van der Waals surface area (Å²) in [6, 6.07) is 7.75. The van der Waals surface area contributed by atoms with Crippen molar-refractivity contribution in [2.75, 3.05) is 0 Å². The molecule has 1 rings (SSSR count). The molecule has 0 bridgehead atoms. The van der Waals surface area contributed by atoms with Gasteiger partial charge in [-0.1, -0.05) is 55.1 Å². The molecule has 0 amide bonds. The first-order valence-electron chi connectivity index (χ1n) is 3.31.